The summed E-state index contributed by atoms with van der Waals surface area (Å²) in [6.07, 6.45) is 0.782. The van der Waals surface area contributed by atoms with Crippen LogP contribution in [0.4, 0.5) is 0 Å². The molecular weight excluding hydrogens is 644 g/mol. The van der Waals surface area contributed by atoms with E-state index in [1.54, 1.807) is 36.4 Å². The fourth-order valence-electron chi connectivity index (χ4n) is 6.12. The number of aromatic nitrogens is 1. The van der Waals surface area contributed by atoms with E-state index in [9.17, 15) is 19.2 Å². The van der Waals surface area contributed by atoms with Crippen molar-refractivity contribution in [3.05, 3.63) is 95.1 Å². The maximum atomic E-state index is 13.1. The first kappa shape index (κ1) is 36.7. The van der Waals surface area contributed by atoms with Gasteiger partial charge in [-0.05, 0) is 96.3 Å². The summed E-state index contributed by atoms with van der Waals surface area (Å²) < 4.78 is 2.22. The Morgan fingerprint density at radius 1 is 0.490 bits per heavy atom. The third-order valence-electron chi connectivity index (χ3n) is 8.59. The first-order chi connectivity index (χ1) is 24.7. The highest BCUT2D eigenvalue weighted by molar-refractivity contribution is 6.11. The monoisotopic (exact) mass is 690 g/mol. The van der Waals surface area contributed by atoms with E-state index in [2.05, 4.69) is 44.9 Å². The van der Waals surface area contributed by atoms with Crippen LogP contribution in [0.5, 0.6) is 0 Å². The van der Waals surface area contributed by atoms with Crippen LogP contribution in [0.3, 0.4) is 0 Å². The topological polar surface area (TPSA) is 199 Å². The maximum absolute atomic E-state index is 13.1. The molecule has 0 unspecified atom stereocenters. The summed E-state index contributed by atoms with van der Waals surface area (Å²) in [5.74, 6) is -1.22. The van der Waals surface area contributed by atoms with Crippen LogP contribution in [0, 0.1) is 0 Å². The lowest BCUT2D eigenvalue weighted by Gasteiger charge is -2.12. The minimum atomic E-state index is -0.329. The zero-order chi connectivity index (χ0) is 36.5. The number of hydrogen-bond donors (Lipinski definition) is 7. The van der Waals surface area contributed by atoms with Crippen LogP contribution in [0.1, 0.15) is 61.7 Å². The highest BCUT2D eigenvalue weighted by Crippen LogP contribution is 2.36. The lowest BCUT2D eigenvalue weighted by atomic mass is 9.96. The molecule has 0 radical (unpaired) electrons. The number of carbonyl (C=O) groups is 4. The molecule has 0 bridgehead atoms. The Labute approximate surface area is 297 Å². The fourth-order valence-corrected chi connectivity index (χ4v) is 6.12. The number of fused-ring (bicyclic) bond motifs is 3. The number of nitrogens with one attached hydrogen (secondary N) is 4. The lowest BCUT2D eigenvalue weighted by molar-refractivity contribution is 0.0939. The van der Waals surface area contributed by atoms with E-state index in [1.165, 1.54) is 0 Å². The van der Waals surface area contributed by atoms with Gasteiger partial charge in [0, 0.05) is 96.4 Å². The van der Waals surface area contributed by atoms with E-state index in [1.807, 2.05) is 31.2 Å². The van der Waals surface area contributed by atoms with Crippen molar-refractivity contribution in [1.82, 2.24) is 25.8 Å². The van der Waals surface area contributed by atoms with Gasteiger partial charge in [0.1, 0.15) is 0 Å². The van der Waals surface area contributed by atoms with E-state index < -0.39 is 0 Å². The molecule has 0 aliphatic carbocycles. The molecular formula is C39H46N8O4. The molecule has 5 aromatic rings. The van der Waals surface area contributed by atoms with Crippen LogP contribution >= 0.6 is 0 Å². The second-order valence-electron chi connectivity index (χ2n) is 12.2. The Morgan fingerprint density at radius 2 is 0.843 bits per heavy atom. The van der Waals surface area contributed by atoms with Gasteiger partial charge in [0.05, 0.1) is 0 Å². The molecule has 0 aliphatic rings. The van der Waals surface area contributed by atoms with Crippen molar-refractivity contribution >= 4 is 45.4 Å². The van der Waals surface area contributed by atoms with Gasteiger partial charge in [0.2, 0.25) is 0 Å². The Kier molecular flexibility index (Phi) is 12.2. The molecule has 12 nitrogen and oxygen atoms in total. The molecule has 4 aromatic carbocycles. The summed E-state index contributed by atoms with van der Waals surface area (Å²) in [5, 5.41) is 13.2. The van der Waals surface area contributed by atoms with Gasteiger partial charge in [-0.15, -0.1) is 0 Å². The third-order valence-corrected chi connectivity index (χ3v) is 8.59. The molecule has 0 saturated heterocycles. The Morgan fingerprint density at radius 3 is 1.16 bits per heavy atom. The van der Waals surface area contributed by atoms with Crippen molar-refractivity contribution in [3.8, 4) is 22.3 Å². The summed E-state index contributed by atoms with van der Waals surface area (Å²) in [7, 11) is 0. The van der Waals surface area contributed by atoms with Crippen molar-refractivity contribution in [1.29, 1.82) is 0 Å². The van der Waals surface area contributed by atoms with E-state index in [0.717, 1.165) is 51.5 Å². The predicted octanol–water partition coefficient (Wildman–Crippen LogP) is 3.35. The number of rotatable bonds is 15. The zero-order valence-corrected chi connectivity index (χ0v) is 29.1. The van der Waals surface area contributed by atoms with Crippen LogP contribution in [-0.2, 0) is 6.54 Å². The molecule has 0 spiro atoms. The summed E-state index contributed by atoms with van der Waals surface area (Å²) in [6.45, 7) is 7.08. The SMILES string of the molecule is CCCNC(=O)c1cc(C(=O)NCCN)cc(-c2ccc3c(c2)c2cc(-c4cc(C(=O)NCCN)cc(C(=O)NCCN)c4)ccc2n3CC)c1. The normalized spacial score (nSPS) is 11.1. The van der Waals surface area contributed by atoms with Gasteiger partial charge < -0.3 is 43.0 Å². The number of amides is 4. The smallest absolute Gasteiger partial charge is 0.251 e. The van der Waals surface area contributed by atoms with Crippen molar-refractivity contribution < 1.29 is 19.2 Å². The molecule has 266 valence electrons. The molecule has 0 aliphatic heterocycles. The Hall–Kier alpha value is -5.56. The van der Waals surface area contributed by atoms with Crippen molar-refractivity contribution in [2.75, 3.05) is 45.8 Å². The predicted molar refractivity (Wildman–Crippen MR) is 203 cm³/mol. The number of nitrogens with zero attached hydrogens (tertiary/aromatic N) is 1. The molecule has 4 amide bonds. The molecule has 0 fully saturated rings. The van der Waals surface area contributed by atoms with Crippen molar-refractivity contribution in [2.45, 2.75) is 26.8 Å². The molecule has 12 heteroatoms. The molecule has 10 N–H and O–H groups in total. The summed E-state index contributed by atoms with van der Waals surface area (Å²) in [5.41, 5.74) is 23.4. The van der Waals surface area contributed by atoms with E-state index in [4.69, 9.17) is 17.2 Å². The van der Waals surface area contributed by atoms with Crippen LogP contribution in [0.25, 0.3) is 44.1 Å². The van der Waals surface area contributed by atoms with Crippen LogP contribution in [-0.4, -0.2) is 74.0 Å². The standard InChI is InChI=1S/C39H46N8O4/c1-3-12-43-36(48)28-16-26(17-29(20-28)37(49)44-13-9-40)24-5-7-34-32(22-24)33-23-25(6-8-35(33)47(34)4-2)27-18-30(38(50)45-14-10-41)21-31(19-27)39(51)46-15-11-42/h5-8,16-23H,3-4,9-15,40-42H2,1-2H3,(H,43,48)(H,44,49)(H,45,50)(H,46,51). The quantitative estimate of drug-likeness (QED) is 0.0873. The number of benzene rings is 4. The number of hydrogen-bond acceptors (Lipinski definition) is 7. The maximum Gasteiger partial charge on any atom is 0.251 e. The second kappa shape index (κ2) is 16.9. The van der Waals surface area contributed by atoms with E-state index in [0.29, 0.717) is 60.5 Å². The molecule has 0 atom stereocenters. The van der Waals surface area contributed by atoms with Gasteiger partial charge in [-0.2, -0.15) is 0 Å². The molecule has 51 heavy (non-hydrogen) atoms. The first-order valence-electron chi connectivity index (χ1n) is 17.3. The first-order valence-corrected chi connectivity index (χ1v) is 17.3. The van der Waals surface area contributed by atoms with Gasteiger partial charge in [0.25, 0.3) is 23.6 Å². The summed E-state index contributed by atoms with van der Waals surface area (Å²) in [6, 6.07) is 22.5. The average Bonchev–Trinajstić information content (AvgIpc) is 3.48. The molecule has 1 aromatic heterocycles. The van der Waals surface area contributed by atoms with Crippen molar-refractivity contribution in [2.24, 2.45) is 17.2 Å². The molecule has 0 saturated carbocycles. The largest absolute Gasteiger partial charge is 0.352 e. The number of carbonyl (C=O) groups excluding carboxylic acids is 4. The third kappa shape index (κ3) is 8.26. The van der Waals surface area contributed by atoms with Crippen LogP contribution < -0.4 is 38.5 Å². The minimum Gasteiger partial charge on any atom is -0.352 e. The fraction of sp³-hybridized carbons (Fsp3) is 0.282. The minimum absolute atomic E-state index is 0.255. The lowest BCUT2D eigenvalue weighted by Crippen LogP contribution is -2.31. The number of nitrogens with two attached hydrogens (primary N) is 3. The van der Waals surface area contributed by atoms with E-state index >= 15 is 0 Å². The van der Waals surface area contributed by atoms with E-state index in [-0.39, 0.29) is 36.7 Å². The second-order valence-corrected chi connectivity index (χ2v) is 12.2. The van der Waals surface area contributed by atoms with Gasteiger partial charge in [0.15, 0.2) is 0 Å². The van der Waals surface area contributed by atoms with Crippen LogP contribution in [0.15, 0.2) is 72.8 Å². The highest BCUT2D eigenvalue weighted by atomic mass is 16.2. The average molecular weight is 691 g/mol. The zero-order valence-electron chi connectivity index (χ0n) is 29.1. The summed E-state index contributed by atoms with van der Waals surface area (Å²) in [4.78, 5) is 52.2. The van der Waals surface area contributed by atoms with Gasteiger partial charge >= 0.3 is 0 Å². The van der Waals surface area contributed by atoms with Gasteiger partial charge in [-0.1, -0.05) is 19.1 Å². The number of aryl methyl sites for hydroxylation is 1. The summed E-state index contributed by atoms with van der Waals surface area (Å²) >= 11 is 0. The Balaban J connectivity index is 1.66. The highest BCUT2D eigenvalue weighted by Gasteiger charge is 2.18. The van der Waals surface area contributed by atoms with Gasteiger partial charge in [-0.3, -0.25) is 19.2 Å². The molecule has 5 rings (SSSR count). The van der Waals surface area contributed by atoms with Crippen molar-refractivity contribution in [3.63, 3.8) is 0 Å². The Bertz CT molecular complexity index is 1870. The van der Waals surface area contributed by atoms with Gasteiger partial charge in [-0.25, -0.2) is 0 Å². The van der Waals surface area contributed by atoms with Crippen LogP contribution in [0.2, 0.25) is 0 Å². The molecule has 1 heterocycles.